The smallest absolute Gasteiger partial charge is 0.266 e. The summed E-state index contributed by atoms with van der Waals surface area (Å²) in [5.41, 5.74) is 3.61. The molecule has 4 rings (SSSR count). The standard InChI is InChI=1S/C28H25N3O2/c1-28(2)22-13-7-9-15-24(22)31(3)26(28)18-17-20(19-29)27(32)30-23-14-8-10-16-25(23)33-21-11-5-4-6-12-21/h4-18H,1-3H3,(H,30,32)/b20-17+,26-18+. The monoisotopic (exact) mass is 435 g/mol. The van der Waals surface area contributed by atoms with Gasteiger partial charge in [-0.1, -0.05) is 62.4 Å². The second kappa shape index (κ2) is 9.05. The van der Waals surface area contributed by atoms with E-state index in [2.05, 4.69) is 36.2 Å². The number of fused-ring (bicyclic) bond motifs is 1. The van der Waals surface area contributed by atoms with Gasteiger partial charge < -0.3 is 15.0 Å². The molecule has 164 valence electrons. The van der Waals surface area contributed by atoms with E-state index in [4.69, 9.17) is 4.74 Å². The van der Waals surface area contributed by atoms with Crippen LogP contribution in [0.15, 0.2) is 102 Å². The number of allylic oxidation sites excluding steroid dienone is 3. The van der Waals surface area contributed by atoms with Crippen molar-refractivity contribution in [2.45, 2.75) is 19.3 Å². The van der Waals surface area contributed by atoms with Crippen LogP contribution in [-0.2, 0) is 10.2 Å². The highest BCUT2D eigenvalue weighted by atomic mass is 16.5. The van der Waals surface area contributed by atoms with Crippen LogP contribution in [-0.4, -0.2) is 13.0 Å². The van der Waals surface area contributed by atoms with Crippen molar-refractivity contribution in [2.75, 3.05) is 17.3 Å². The molecule has 1 heterocycles. The first-order valence-electron chi connectivity index (χ1n) is 10.7. The molecule has 0 bridgehead atoms. The molecule has 0 saturated carbocycles. The average Bonchev–Trinajstić information content (AvgIpc) is 3.02. The molecule has 0 radical (unpaired) electrons. The predicted octanol–water partition coefficient (Wildman–Crippen LogP) is 6.18. The quantitative estimate of drug-likeness (QED) is 0.384. The lowest BCUT2D eigenvalue weighted by atomic mass is 9.83. The third-order valence-electron chi connectivity index (χ3n) is 5.82. The van der Waals surface area contributed by atoms with Gasteiger partial charge in [-0.3, -0.25) is 4.79 Å². The molecule has 5 nitrogen and oxygen atoms in total. The minimum Gasteiger partial charge on any atom is -0.455 e. The molecule has 3 aromatic rings. The van der Waals surface area contributed by atoms with Gasteiger partial charge in [-0.25, -0.2) is 0 Å². The number of likely N-dealkylation sites (N-methyl/N-ethyl adjacent to an activating group) is 1. The molecular weight excluding hydrogens is 410 g/mol. The van der Waals surface area contributed by atoms with E-state index in [9.17, 15) is 10.1 Å². The van der Waals surface area contributed by atoms with Crippen molar-refractivity contribution >= 4 is 17.3 Å². The number of amides is 1. The third kappa shape index (κ3) is 4.37. The molecular formula is C28H25N3O2. The first-order valence-corrected chi connectivity index (χ1v) is 10.7. The average molecular weight is 436 g/mol. The molecule has 1 aliphatic rings. The number of carbonyl (C=O) groups excluding carboxylic acids is 1. The predicted molar refractivity (Wildman–Crippen MR) is 131 cm³/mol. The highest BCUT2D eigenvalue weighted by Crippen LogP contribution is 2.46. The SMILES string of the molecule is CN1/C(=C/C=C(\C#N)C(=O)Nc2ccccc2Oc2ccccc2)C(C)(C)c2ccccc21. The van der Waals surface area contributed by atoms with E-state index < -0.39 is 5.91 Å². The summed E-state index contributed by atoms with van der Waals surface area (Å²) in [6, 6.07) is 26.7. The molecule has 33 heavy (non-hydrogen) atoms. The second-order valence-corrected chi connectivity index (χ2v) is 8.31. The molecule has 1 N–H and O–H groups in total. The Morgan fingerprint density at radius 1 is 1.00 bits per heavy atom. The molecule has 0 aromatic heterocycles. The molecule has 1 aliphatic heterocycles. The zero-order valence-electron chi connectivity index (χ0n) is 18.9. The molecule has 0 atom stereocenters. The first kappa shape index (κ1) is 21.9. The Labute approximate surface area is 194 Å². The van der Waals surface area contributed by atoms with E-state index in [1.165, 1.54) is 5.56 Å². The fourth-order valence-corrected chi connectivity index (χ4v) is 4.09. The van der Waals surface area contributed by atoms with Crippen LogP contribution in [0.5, 0.6) is 11.5 Å². The van der Waals surface area contributed by atoms with E-state index in [0.717, 1.165) is 11.4 Å². The summed E-state index contributed by atoms with van der Waals surface area (Å²) in [5, 5.41) is 12.5. The summed E-state index contributed by atoms with van der Waals surface area (Å²) in [7, 11) is 2.00. The number of hydrogen-bond acceptors (Lipinski definition) is 4. The Hall–Kier alpha value is -4.30. The van der Waals surface area contributed by atoms with Crippen LogP contribution in [0.2, 0.25) is 0 Å². The molecule has 3 aromatic carbocycles. The number of para-hydroxylation sites is 4. The summed E-state index contributed by atoms with van der Waals surface area (Å²) < 4.78 is 5.91. The van der Waals surface area contributed by atoms with Gasteiger partial charge >= 0.3 is 0 Å². The number of nitriles is 1. The molecule has 0 spiro atoms. The number of anilines is 2. The summed E-state index contributed by atoms with van der Waals surface area (Å²) in [6.45, 7) is 4.27. The van der Waals surface area contributed by atoms with Crippen LogP contribution >= 0.6 is 0 Å². The fraction of sp³-hybridized carbons (Fsp3) is 0.143. The van der Waals surface area contributed by atoms with Crippen molar-refractivity contribution in [1.82, 2.24) is 0 Å². The van der Waals surface area contributed by atoms with Gasteiger partial charge in [0.25, 0.3) is 5.91 Å². The van der Waals surface area contributed by atoms with Gasteiger partial charge in [-0.05, 0) is 48.0 Å². The molecule has 0 unspecified atom stereocenters. The molecule has 0 fully saturated rings. The Kier molecular flexibility index (Phi) is 6.01. The zero-order valence-corrected chi connectivity index (χ0v) is 18.9. The Morgan fingerprint density at radius 2 is 1.67 bits per heavy atom. The second-order valence-electron chi connectivity index (χ2n) is 8.31. The summed E-state index contributed by atoms with van der Waals surface area (Å²) in [4.78, 5) is 15.0. The van der Waals surface area contributed by atoms with E-state index in [1.807, 2.05) is 67.7 Å². The molecule has 1 amide bonds. The number of nitrogens with one attached hydrogen (secondary N) is 1. The maximum atomic E-state index is 12.9. The normalized spacial score (nSPS) is 15.6. The highest BCUT2D eigenvalue weighted by Gasteiger charge is 2.37. The third-order valence-corrected chi connectivity index (χ3v) is 5.82. The van der Waals surface area contributed by atoms with Crippen molar-refractivity contribution in [3.8, 4) is 17.6 Å². The summed E-state index contributed by atoms with van der Waals surface area (Å²) in [6.07, 6.45) is 3.43. The first-order chi connectivity index (χ1) is 15.9. The van der Waals surface area contributed by atoms with Crippen LogP contribution < -0.4 is 15.0 Å². The van der Waals surface area contributed by atoms with Crippen LogP contribution in [0.25, 0.3) is 0 Å². The summed E-state index contributed by atoms with van der Waals surface area (Å²) in [5.74, 6) is 0.667. The van der Waals surface area contributed by atoms with Crippen LogP contribution in [0.4, 0.5) is 11.4 Å². The van der Waals surface area contributed by atoms with Gasteiger partial charge in [0.15, 0.2) is 5.75 Å². The van der Waals surface area contributed by atoms with Crippen molar-refractivity contribution in [3.05, 3.63) is 108 Å². The maximum Gasteiger partial charge on any atom is 0.266 e. The van der Waals surface area contributed by atoms with Gasteiger partial charge in [0.1, 0.15) is 17.4 Å². The lowest BCUT2D eigenvalue weighted by Crippen LogP contribution is -2.22. The van der Waals surface area contributed by atoms with Crippen molar-refractivity contribution in [3.63, 3.8) is 0 Å². The molecule has 0 saturated heterocycles. The number of rotatable bonds is 5. The lowest BCUT2D eigenvalue weighted by Gasteiger charge is -2.23. The van der Waals surface area contributed by atoms with Gasteiger partial charge in [-0.15, -0.1) is 0 Å². The summed E-state index contributed by atoms with van der Waals surface area (Å²) >= 11 is 0. The van der Waals surface area contributed by atoms with E-state index in [1.54, 1.807) is 24.3 Å². The van der Waals surface area contributed by atoms with Crippen LogP contribution in [0, 0.1) is 11.3 Å². The number of nitrogens with zero attached hydrogens (tertiary/aromatic N) is 2. The zero-order chi connectivity index (χ0) is 23.4. The fourth-order valence-electron chi connectivity index (χ4n) is 4.09. The number of hydrogen-bond donors (Lipinski definition) is 1. The van der Waals surface area contributed by atoms with Gasteiger partial charge in [0.05, 0.1) is 5.69 Å². The Balaban J connectivity index is 1.58. The molecule has 5 heteroatoms. The number of ether oxygens (including phenoxy) is 1. The maximum absolute atomic E-state index is 12.9. The van der Waals surface area contributed by atoms with E-state index in [-0.39, 0.29) is 11.0 Å². The minimum atomic E-state index is -0.491. The van der Waals surface area contributed by atoms with E-state index in [0.29, 0.717) is 17.2 Å². The lowest BCUT2D eigenvalue weighted by molar-refractivity contribution is -0.112. The number of benzene rings is 3. The Morgan fingerprint density at radius 3 is 2.39 bits per heavy atom. The van der Waals surface area contributed by atoms with Crippen LogP contribution in [0.1, 0.15) is 19.4 Å². The number of carbonyl (C=O) groups is 1. The van der Waals surface area contributed by atoms with Crippen molar-refractivity contribution in [1.29, 1.82) is 5.26 Å². The van der Waals surface area contributed by atoms with Crippen molar-refractivity contribution < 1.29 is 9.53 Å². The van der Waals surface area contributed by atoms with Gasteiger partial charge in [0.2, 0.25) is 0 Å². The van der Waals surface area contributed by atoms with Gasteiger partial charge in [0, 0.05) is 23.8 Å². The topological polar surface area (TPSA) is 65.4 Å². The minimum absolute atomic E-state index is 0.0113. The van der Waals surface area contributed by atoms with Gasteiger partial charge in [-0.2, -0.15) is 5.26 Å². The molecule has 0 aliphatic carbocycles. The van der Waals surface area contributed by atoms with Crippen LogP contribution in [0.3, 0.4) is 0 Å². The van der Waals surface area contributed by atoms with E-state index >= 15 is 0 Å². The largest absolute Gasteiger partial charge is 0.455 e. The van der Waals surface area contributed by atoms with Crippen molar-refractivity contribution in [2.24, 2.45) is 0 Å². The Bertz CT molecular complexity index is 1280. The highest BCUT2D eigenvalue weighted by molar-refractivity contribution is 6.07.